The van der Waals surface area contributed by atoms with Crippen molar-refractivity contribution in [1.29, 1.82) is 0 Å². The fourth-order valence-corrected chi connectivity index (χ4v) is 1.41. The Balaban J connectivity index is 2.48. The van der Waals surface area contributed by atoms with Crippen molar-refractivity contribution in [3.8, 4) is 12.3 Å². The lowest BCUT2D eigenvalue weighted by atomic mass is 10.1. The molecule has 0 saturated carbocycles. The summed E-state index contributed by atoms with van der Waals surface area (Å²) in [5.41, 5.74) is 5.58. The molecule has 1 fully saturated rings. The third kappa shape index (κ3) is 1.99. The van der Waals surface area contributed by atoms with Crippen molar-refractivity contribution in [3.05, 3.63) is 0 Å². The lowest BCUT2D eigenvalue weighted by Gasteiger charge is -2.17. The summed E-state index contributed by atoms with van der Waals surface area (Å²) in [6.45, 7) is 3.18. The van der Waals surface area contributed by atoms with Crippen molar-refractivity contribution in [1.82, 2.24) is 4.90 Å². The Kier molecular flexibility index (Phi) is 2.72. The molecule has 1 aliphatic heterocycles. The van der Waals surface area contributed by atoms with Crippen LogP contribution in [0, 0.1) is 18.3 Å². The number of hydrogen-bond acceptors (Lipinski definition) is 2. The highest BCUT2D eigenvalue weighted by atomic mass is 16.2. The molecule has 1 amide bonds. The number of terminal acetylenes is 1. The number of carbonyl (C=O) groups excluding carboxylic acids is 1. The van der Waals surface area contributed by atoms with Crippen molar-refractivity contribution < 1.29 is 4.79 Å². The first-order valence-corrected chi connectivity index (χ1v) is 4.13. The lowest BCUT2D eigenvalue weighted by molar-refractivity contribution is -0.127. The van der Waals surface area contributed by atoms with Gasteiger partial charge in [-0.2, -0.15) is 0 Å². The van der Waals surface area contributed by atoms with Crippen LogP contribution >= 0.6 is 0 Å². The van der Waals surface area contributed by atoms with E-state index < -0.39 is 0 Å². The van der Waals surface area contributed by atoms with Gasteiger partial charge in [0.15, 0.2) is 0 Å². The number of likely N-dealkylation sites (tertiary alicyclic amines) is 1. The second-order valence-electron chi connectivity index (χ2n) is 3.34. The molecule has 0 aliphatic carbocycles. The second-order valence-corrected chi connectivity index (χ2v) is 3.34. The summed E-state index contributed by atoms with van der Waals surface area (Å²) < 4.78 is 0. The number of amides is 1. The summed E-state index contributed by atoms with van der Waals surface area (Å²) in [6.07, 6.45) is 5.72. The minimum atomic E-state index is 0.0328. The molecule has 1 aliphatic rings. The molecule has 0 aromatic rings. The zero-order valence-corrected chi connectivity index (χ0v) is 7.29. The van der Waals surface area contributed by atoms with Crippen molar-refractivity contribution in [3.63, 3.8) is 0 Å². The van der Waals surface area contributed by atoms with E-state index >= 15 is 0 Å². The van der Waals surface area contributed by atoms with Crippen LogP contribution in [0.3, 0.4) is 0 Å². The average Bonchev–Trinajstić information content (AvgIpc) is 2.31. The molecule has 0 radical (unpaired) electrons. The summed E-state index contributed by atoms with van der Waals surface area (Å²) in [6, 6.07) is 0.0328. The lowest BCUT2D eigenvalue weighted by Crippen LogP contribution is -2.36. The van der Waals surface area contributed by atoms with Crippen LogP contribution in [-0.4, -0.2) is 29.9 Å². The van der Waals surface area contributed by atoms with Gasteiger partial charge >= 0.3 is 0 Å². The Morgan fingerprint density at radius 2 is 2.58 bits per heavy atom. The molecule has 0 bridgehead atoms. The molecule has 1 saturated heterocycles. The van der Waals surface area contributed by atoms with Crippen molar-refractivity contribution in [2.24, 2.45) is 11.7 Å². The third-order valence-electron chi connectivity index (χ3n) is 1.96. The van der Waals surface area contributed by atoms with Gasteiger partial charge in [0.2, 0.25) is 5.91 Å². The minimum Gasteiger partial charge on any atom is -0.340 e. The average molecular weight is 166 g/mol. The van der Waals surface area contributed by atoms with Gasteiger partial charge in [-0.3, -0.25) is 4.79 Å². The van der Waals surface area contributed by atoms with Gasteiger partial charge < -0.3 is 10.6 Å². The Labute approximate surface area is 72.9 Å². The van der Waals surface area contributed by atoms with E-state index in [-0.39, 0.29) is 17.9 Å². The van der Waals surface area contributed by atoms with Crippen molar-refractivity contribution in [2.75, 3.05) is 13.1 Å². The fraction of sp³-hybridized carbons (Fsp3) is 0.667. The molecule has 66 valence electrons. The van der Waals surface area contributed by atoms with Gasteiger partial charge in [0.05, 0.1) is 0 Å². The van der Waals surface area contributed by atoms with Crippen LogP contribution in [0.4, 0.5) is 0 Å². The summed E-state index contributed by atoms with van der Waals surface area (Å²) in [7, 11) is 0. The number of rotatable bonds is 2. The maximum absolute atomic E-state index is 11.3. The topological polar surface area (TPSA) is 46.3 Å². The molecule has 2 unspecified atom stereocenters. The molecule has 0 aromatic carbocycles. The highest BCUT2D eigenvalue weighted by molar-refractivity contribution is 5.79. The van der Waals surface area contributed by atoms with Crippen LogP contribution in [0.25, 0.3) is 0 Å². The van der Waals surface area contributed by atoms with E-state index in [0.29, 0.717) is 19.5 Å². The smallest absolute Gasteiger partial charge is 0.223 e. The summed E-state index contributed by atoms with van der Waals surface area (Å²) in [5.74, 6) is 2.82. The first kappa shape index (κ1) is 9.08. The van der Waals surface area contributed by atoms with Gasteiger partial charge in [0.25, 0.3) is 0 Å². The fourth-order valence-electron chi connectivity index (χ4n) is 1.41. The molecular weight excluding hydrogens is 152 g/mol. The van der Waals surface area contributed by atoms with Crippen LogP contribution in [0.1, 0.15) is 13.3 Å². The van der Waals surface area contributed by atoms with Gasteiger partial charge in [-0.15, -0.1) is 12.3 Å². The molecule has 0 aromatic heterocycles. The van der Waals surface area contributed by atoms with Gasteiger partial charge in [0.1, 0.15) is 0 Å². The number of nitrogens with two attached hydrogens (primary N) is 1. The maximum Gasteiger partial charge on any atom is 0.223 e. The van der Waals surface area contributed by atoms with Gasteiger partial charge in [-0.1, -0.05) is 0 Å². The molecule has 1 heterocycles. The van der Waals surface area contributed by atoms with Crippen LogP contribution in [0.5, 0.6) is 0 Å². The summed E-state index contributed by atoms with van der Waals surface area (Å²) in [4.78, 5) is 13.0. The monoisotopic (exact) mass is 166 g/mol. The van der Waals surface area contributed by atoms with Gasteiger partial charge in [0, 0.05) is 31.5 Å². The number of nitrogens with zero attached hydrogens (tertiary/aromatic N) is 1. The Morgan fingerprint density at radius 3 is 3.00 bits per heavy atom. The Bertz CT molecular complexity index is 217. The molecule has 2 atom stereocenters. The largest absolute Gasteiger partial charge is 0.340 e. The van der Waals surface area contributed by atoms with E-state index in [1.54, 1.807) is 4.90 Å². The zero-order valence-electron chi connectivity index (χ0n) is 7.29. The van der Waals surface area contributed by atoms with Gasteiger partial charge in [-0.05, 0) is 6.92 Å². The normalized spacial score (nSPS) is 25.6. The van der Waals surface area contributed by atoms with E-state index in [9.17, 15) is 4.79 Å². The van der Waals surface area contributed by atoms with Crippen LogP contribution in [-0.2, 0) is 4.79 Å². The van der Waals surface area contributed by atoms with E-state index in [1.807, 2.05) is 6.92 Å². The maximum atomic E-state index is 11.3. The Hall–Kier alpha value is -1.01. The molecule has 12 heavy (non-hydrogen) atoms. The number of hydrogen-bond donors (Lipinski definition) is 1. The predicted molar refractivity (Wildman–Crippen MR) is 47.2 cm³/mol. The first-order chi connectivity index (χ1) is 5.63. The first-order valence-electron chi connectivity index (χ1n) is 4.13. The highest BCUT2D eigenvalue weighted by Gasteiger charge is 2.28. The van der Waals surface area contributed by atoms with Crippen molar-refractivity contribution in [2.45, 2.75) is 19.4 Å². The van der Waals surface area contributed by atoms with Crippen LogP contribution in [0.15, 0.2) is 0 Å². The second kappa shape index (κ2) is 3.59. The molecule has 3 heteroatoms. The van der Waals surface area contributed by atoms with Crippen LogP contribution in [0.2, 0.25) is 0 Å². The predicted octanol–water partition coefficient (Wildman–Crippen LogP) is -0.185. The molecule has 3 nitrogen and oxygen atoms in total. The summed E-state index contributed by atoms with van der Waals surface area (Å²) >= 11 is 0. The molecule has 2 N–H and O–H groups in total. The van der Waals surface area contributed by atoms with E-state index in [1.165, 1.54) is 0 Å². The SMILES string of the molecule is C#CC1CC(=O)N(CC(C)N)C1. The van der Waals surface area contributed by atoms with E-state index in [2.05, 4.69) is 5.92 Å². The third-order valence-corrected chi connectivity index (χ3v) is 1.96. The molecule has 1 rings (SSSR count). The van der Waals surface area contributed by atoms with E-state index in [0.717, 1.165) is 0 Å². The van der Waals surface area contributed by atoms with Gasteiger partial charge in [-0.25, -0.2) is 0 Å². The molecule has 0 spiro atoms. The quantitative estimate of drug-likeness (QED) is 0.578. The van der Waals surface area contributed by atoms with Crippen molar-refractivity contribution >= 4 is 5.91 Å². The highest BCUT2D eigenvalue weighted by Crippen LogP contribution is 2.16. The van der Waals surface area contributed by atoms with E-state index in [4.69, 9.17) is 12.2 Å². The standard InChI is InChI=1S/C9H14N2O/c1-3-8-4-9(12)11(6-8)5-7(2)10/h1,7-8H,4-6,10H2,2H3. The van der Waals surface area contributed by atoms with Crippen LogP contribution < -0.4 is 5.73 Å². The number of carbonyl (C=O) groups is 1. The molecular formula is C9H14N2O. The summed E-state index contributed by atoms with van der Waals surface area (Å²) in [5, 5.41) is 0. The Morgan fingerprint density at radius 1 is 1.92 bits per heavy atom. The minimum absolute atomic E-state index is 0.0328. The zero-order chi connectivity index (χ0) is 9.14.